The Morgan fingerprint density at radius 1 is 1.24 bits per heavy atom. The van der Waals surface area contributed by atoms with E-state index in [1.54, 1.807) is 12.1 Å². The normalized spacial score (nSPS) is 29.8. The fraction of sp³-hybridized carbons (Fsp3) is 0.455. The van der Waals surface area contributed by atoms with Crippen molar-refractivity contribution in [2.75, 3.05) is 6.61 Å². The van der Waals surface area contributed by atoms with Crippen molar-refractivity contribution >= 4 is 23.2 Å². The summed E-state index contributed by atoms with van der Waals surface area (Å²) in [4.78, 5) is 51.4. The first-order valence-corrected chi connectivity index (χ1v) is 12.2. The Hall–Kier alpha value is -3.38. The molecule has 15 nitrogen and oxygen atoms in total. The third kappa shape index (κ3) is 5.70. The summed E-state index contributed by atoms with van der Waals surface area (Å²) in [5, 5.41) is 45.7. The van der Waals surface area contributed by atoms with Crippen LogP contribution in [-0.2, 0) is 30.3 Å². The van der Waals surface area contributed by atoms with E-state index in [2.05, 4.69) is 5.32 Å². The number of aliphatic hydroxyl groups is 4. The van der Waals surface area contributed by atoms with Crippen molar-refractivity contribution in [2.45, 2.75) is 49.6 Å². The average molecular weight is 555 g/mol. The van der Waals surface area contributed by atoms with Crippen LogP contribution in [0.15, 0.2) is 51.2 Å². The molecule has 1 saturated heterocycles. The van der Waals surface area contributed by atoms with Gasteiger partial charge in [-0.3, -0.25) is 23.9 Å². The van der Waals surface area contributed by atoms with E-state index in [1.165, 1.54) is 11.3 Å². The van der Waals surface area contributed by atoms with Crippen LogP contribution in [0.25, 0.3) is 0 Å². The van der Waals surface area contributed by atoms with Gasteiger partial charge in [-0.15, -0.1) is 11.3 Å². The van der Waals surface area contributed by atoms with E-state index in [9.17, 15) is 39.6 Å². The molecule has 0 unspecified atom stereocenters. The minimum atomic E-state index is -1.79. The van der Waals surface area contributed by atoms with E-state index in [1.807, 2.05) is 10.4 Å². The van der Waals surface area contributed by atoms with E-state index in [-0.39, 0.29) is 6.54 Å². The predicted octanol–water partition coefficient (Wildman–Crippen LogP) is -3.39. The summed E-state index contributed by atoms with van der Waals surface area (Å²) in [6.07, 6.45) is -9.40. The number of carbonyl (C=O) groups is 2. The van der Waals surface area contributed by atoms with Gasteiger partial charge in [-0.25, -0.2) is 4.79 Å². The standard InChI is InChI=1S/C22H26N4O11S/c23-18(32)17(16-10(8-27)14(30)20(36-16)26-4-3-13(29)25-22(26)34)37-21-15(31)11(28)6-12(35-21)19(33)24-7-9-2-1-5-38-9/h1-6,10-11,14-17,20-21,27-28,30-31H,7-8H2,(H2,23,32)(H,24,33)(H,25,29,34)/t10-,11-,14+,15-,16-,17+,20+,21+/m0/s1. The van der Waals surface area contributed by atoms with E-state index >= 15 is 0 Å². The number of thiophene rings is 1. The lowest BCUT2D eigenvalue weighted by molar-refractivity contribution is -0.239. The van der Waals surface area contributed by atoms with Crippen molar-refractivity contribution in [3.8, 4) is 0 Å². The number of primary amides is 1. The number of nitrogens with one attached hydrogen (secondary N) is 2. The van der Waals surface area contributed by atoms with Crippen molar-refractivity contribution in [2.24, 2.45) is 11.7 Å². The molecule has 38 heavy (non-hydrogen) atoms. The molecule has 4 heterocycles. The van der Waals surface area contributed by atoms with Gasteiger partial charge >= 0.3 is 5.69 Å². The fourth-order valence-electron chi connectivity index (χ4n) is 4.12. The van der Waals surface area contributed by atoms with Gasteiger partial charge in [0.25, 0.3) is 11.5 Å². The smallest absolute Gasteiger partial charge is 0.330 e. The summed E-state index contributed by atoms with van der Waals surface area (Å²) >= 11 is 1.41. The third-order valence-corrected chi connectivity index (χ3v) is 6.94. The molecule has 0 bridgehead atoms. The van der Waals surface area contributed by atoms with Crippen LogP contribution in [0.4, 0.5) is 0 Å². The van der Waals surface area contributed by atoms with Gasteiger partial charge in [-0.1, -0.05) is 6.07 Å². The third-order valence-electron chi connectivity index (χ3n) is 6.07. The monoisotopic (exact) mass is 554 g/mol. The number of amides is 2. The fourth-order valence-corrected chi connectivity index (χ4v) is 4.76. The van der Waals surface area contributed by atoms with Gasteiger partial charge in [0.1, 0.15) is 24.4 Å². The highest BCUT2D eigenvalue weighted by molar-refractivity contribution is 7.09. The summed E-state index contributed by atoms with van der Waals surface area (Å²) < 4.78 is 17.5. The second kappa shape index (κ2) is 11.6. The summed E-state index contributed by atoms with van der Waals surface area (Å²) in [7, 11) is 0. The minimum Gasteiger partial charge on any atom is -0.456 e. The zero-order chi connectivity index (χ0) is 27.6. The number of H-pyrrole nitrogens is 1. The molecule has 16 heteroatoms. The molecule has 2 amide bonds. The Morgan fingerprint density at radius 2 is 2.00 bits per heavy atom. The molecular weight excluding hydrogens is 528 g/mol. The molecule has 2 aromatic heterocycles. The average Bonchev–Trinajstić information content (AvgIpc) is 3.50. The molecule has 2 aromatic rings. The molecule has 8 N–H and O–H groups in total. The zero-order valence-corrected chi connectivity index (χ0v) is 20.4. The van der Waals surface area contributed by atoms with Gasteiger partial charge < -0.3 is 45.7 Å². The zero-order valence-electron chi connectivity index (χ0n) is 19.6. The highest BCUT2D eigenvalue weighted by Crippen LogP contribution is 2.36. The second-order valence-corrected chi connectivity index (χ2v) is 9.60. The number of carbonyl (C=O) groups excluding carboxylic acids is 2. The maximum atomic E-state index is 12.6. The Balaban J connectivity index is 1.52. The molecule has 2 aliphatic rings. The van der Waals surface area contributed by atoms with Crippen molar-refractivity contribution in [3.05, 3.63) is 67.3 Å². The van der Waals surface area contributed by atoms with Crippen LogP contribution in [-0.4, -0.2) is 85.2 Å². The van der Waals surface area contributed by atoms with Crippen LogP contribution in [0, 0.1) is 5.92 Å². The lowest BCUT2D eigenvalue weighted by Gasteiger charge is -2.35. The molecular formula is C22H26N4O11S. The number of nitrogens with two attached hydrogens (primary N) is 1. The molecule has 4 rings (SSSR count). The quantitative estimate of drug-likeness (QED) is 0.161. The number of rotatable bonds is 9. The maximum Gasteiger partial charge on any atom is 0.330 e. The Kier molecular flexibility index (Phi) is 8.41. The maximum absolute atomic E-state index is 12.6. The van der Waals surface area contributed by atoms with Crippen LogP contribution in [0.5, 0.6) is 0 Å². The first kappa shape index (κ1) is 27.6. The molecule has 2 aliphatic heterocycles. The largest absolute Gasteiger partial charge is 0.456 e. The van der Waals surface area contributed by atoms with Crippen molar-refractivity contribution in [3.63, 3.8) is 0 Å². The van der Waals surface area contributed by atoms with E-state index in [4.69, 9.17) is 19.9 Å². The van der Waals surface area contributed by atoms with Crippen LogP contribution in [0.2, 0.25) is 0 Å². The lowest BCUT2D eigenvalue weighted by Crippen LogP contribution is -2.53. The van der Waals surface area contributed by atoms with E-state index in [0.717, 1.165) is 27.8 Å². The molecule has 206 valence electrons. The number of aliphatic hydroxyl groups excluding tert-OH is 4. The molecule has 0 spiro atoms. The highest BCUT2D eigenvalue weighted by atomic mass is 32.1. The number of ether oxygens (including phenoxy) is 3. The van der Waals surface area contributed by atoms with Gasteiger partial charge in [0.05, 0.1) is 13.2 Å². The van der Waals surface area contributed by atoms with Crippen LogP contribution < -0.4 is 22.3 Å². The second-order valence-electron chi connectivity index (χ2n) is 8.57. The highest BCUT2D eigenvalue weighted by Gasteiger charge is 2.51. The summed E-state index contributed by atoms with van der Waals surface area (Å²) in [6, 6.07) is 4.60. The van der Waals surface area contributed by atoms with Crippen molar-refractivity contribution in [1.29, 1.82) is 0 Å². The van der Waals surface area contributed by atoms with E-state index < -0.39 is 84.4 Å². The number of hydrogen-bond donors (Lipinski definition) is 7. The van der Waals surface area contributed by atoms with Crippen LogP contribution >= 0.6 is 11.3 Å². The molecule has 1 fully saturated rings. The summed E-state index contributed by atoms with van der Waals surface area (Å²) in [6.45, 7) is -0.566. The predicted molar refractivity (Wildman–Crippen MR) is 127 cm³/mol. The summed E-state index contributed by atoms with van der Waals surface area (Å²) in [5.41, 5.74) is 3.87. The van der Waals surface area contributed by atoms with E-state index in [0.29, 0.717) is 0 Å². The number of hydrogen-bond acceptors (Lipinski definition) is 12. The number of nitrogens with zero attached hydrogens (tertiary/aromatic N) is 1. The van der Waals surface area contributed by atoms with Crippen molar-refractivity contribution < 1.29 is 44.2 Å². The molecule has 0 radical (unpaired) electrons. The number of aromatic amines is 1. The van der Waals surface area contributed by atoms with Crippen molar-refractivity contribution in [1.82, 2.24) is 14.9 Å². The topological polar surface area (TPSA) is 236 Å². The van der Waals surface area contributed by atoms with Crippen LogP contribution in [0.1, 0.15) is 11.1 Å². The lowest BCUT2D eigenvalue weighted by atomic mass is 9.94. The molecule has 0 aromatic carbocycles. The Bertz CT molecular complexity index is 1290. The Labute approximate surface area is 217 Å². The molecule has 0 aliphatic carbocycles. The Morgan fingerprint density at radius 3 is 2.63 bits per heavy atom. The van der Waals surface area contributed by atoms with Gasteiger partial charge in [0, 0.05) is 23.1 Å². The SMILES string of the molecule is NC(=O)[C@H](O[C@H]1OC(C(=O)NCc2cccs2)=C[C@H](O)[C@@H]1O)[C@H]1O[C@@H](n2ccc(=O)[nH]c2=O)[C@H](O)[C@@H]1CO. The molecule has 0 saturated carbocycles. The number of aromatic nitrogens is 2. The van der Waals surface area contributed by atoms with Gasteiger partial charge in [-0.05, 0) is 17.5 Å². The van der Waals surface area contributed by atoms with Gasteiger partial charge in [0.15, 0.2) is 18.1 Å². The van der Waals surface area contributed by atoms with Crippen LogP contribution in [0.3, 0.4) is 0 Å². The molecule has 8 atom stereocenters. The summed E-state index contributed by atoms with van der Waals surface area (Å²) in [5.74, 6) is -3.49. The first-order chi connectivity index (χ1) is 18.1. The van der Waals surface area contributed by atoms with Gasteiger partial charge in [-0.2, -0.15) is 0 Å². The van der Waals surface area contributed by atoms with Gasteiger partial charge in [0.2, 0.25) is 12.2 Å². The minimum absolute atomic E-state index is 0.169. The first-order valence-electron chi connectivity index (χ1n) is 11.4.